The standard InChI is InChI=1S/C13H11FN4O/c1-2-19-12-4-3-9(5-11(12)14)18-13-8-16-10(6-15)7-17-13/h3-5,7-8H,2H2,1H3,(H,17,18). The molecule has 0 aliphatic rings. The van der Waals surface area contributed by atoms with Crippen molar-refractivity contribution in [2.45, 2.75) is 6.92 Å². The molecule has 0 unspecified atom stereocenters. The monoisotopic (exact) mass is 258 g/mol. The smallest absolute Gasteiger partial charge is 0.167 e. The van der Waals surface area contributed by atoms with Gasteiger partial charge in [0.25, 0.3) is 0 Å². The molecule has 0 atom stereocenters. The Kier molecular flexibility index (Phi) is 3.88. The van der Waals surface area contributed by atoms with Crippen LogP contribution in [0.1, 0.15) is 12.6 Å². The largest absolute Gasteiger partial charge is 0.491 e. The van der Waals surface area contributed by atoms with Crippen molar-refractivity contribution in [2.24, 2.45) is 0 Å². The first-order valence-corrected chi connectivity index (χ1v) is 5.64. The fourth-order valence-electron chi connectivity index (χ4n) is 1.45. The first-order valence-electron chi connectivity index (χ1n) is 5.64. The van der Waals surface area contributed by atoms with E-state index in [9.17, 15) is 4.39 Å². The van der Waals surface area contributed by atoms with Crippen LogP contribution in [-0.2, 0) is 0 Å². The van der Waals surface area contributed by atoms with Crippen LogP contribution in [0.3, 0.4) is 0 Å². The van der Waals surface area contributed by atoms with E-state index in [4.69, 9.17) is 10.00 Å². The number of nitrogens with zero attached hydrogens (tertiary/aromatic N) is 3. The molecule has 0 fully saturated rings. The SMILES string of the molecule is CCOc1ccc(Nc2cnc(C#N)cn2)cc1F. The van der Waals surface area contributed by atoms with Crippen molar-refractivity contribution >= 4 is 11.5 Å². The minimum Gasteiger partial charge on any atom is -0.491 e. The molecule has 0 saturated heterocycles. The Morgan fingerprint density at radius 2 is 2.21 bits per heavy atom. The molecule has 1 aromatic heterocycles. The highest BCUT2D eigenvalue weighted by atomic mass is 19.1. The summed E-state index contributed by atoms with van der Waals surface area (Å²) in [6.45, 7) is 2.20. The number of anilines is 2. The third-order valence-electron chi connectivity index (χ3n) is 2.27. The predicted molar refractivity (Wildman–Crippen MR) is 67.6 cm³/mol. The summed E-state index contributed by atoms with van der Waals surface area (Å²) < 4.78 is 18.7. The van der Waals surface area contributed by atoms with E-state index in [-0.39, 0.29) is 11.4 Å². The number of rotatable bonds is 4. The Balaban J connectivity index is 2.14. The number of ether oxygens (including phenoxy) is 1. The molecule has 0 saturated carbocycles. The zero-order valence-electron chi connectivity index (χ0n) is 10.2. The molecule has 1 heterocycles. The number of nitrogens with one attached hydrogen (secondary N) is 1. The number of halogens is 1. The zero-order valence-corrected chi connectivity index (χ0v) is 10.2. The molecule has 0 radical (unpaired) electrons. The van der Waals surface area contributed by atoms with Crippen LogP contribution in [-0.4, -0.2) is 16.6 Å². The second-order valence-corrected chi connectivity index (χ2v) is 3.60. The summed E-state index contributed by atoms with van der Waals surface area (Å²) in [7, 11) is 0. The minimum absolute atomic E-state index is 0.207. The summed E-state index contributed by atoms with van der Waals surface area (Å²) >= 11 is 0. The maximum absolute atomic E-state index is 13.6. The Morgan fingerprint density at radius 1 is 1.37 bits per heavy atom. The second-order valence-electron chi connectivity index (χ2n) is 3.60. The number of benzene rings is 1. The van der Waals surface area contributed by atoms with Gasteiger partial charge in [0.1, 0.15) is 11.9 Å². The van der Waals surface area contributed by atoms with Gasteiger partial charge >= 0.3 is 0 Å². The van der Waals surface area contributed by atoms with E-state index in [1.54, 1.807) is 13.0 Å². The van der Waals surface area contributed by atoms with E-state index < -0.39 is 5.82 Å². The van der Waals surface area contributed by atoms with Crippen molar-refractivity contribution in [3.8, 4) is 11.8 Å². The highest BCUT2D eigenvalue weighted by Crippen LogP contribution is 2.22. The molecule has 0 bridgehead atoms. The van der Waals surface area contributed by atoms with Crippen molar-refractivity contribution in [1.29, 1.82) is 5.26 Å². The maximum atomic E-state index is 13.6. The van der Waals surface area contributed by atoms with Crippen molar-refractivity contribution in [3.05, 3.63) is 42.1 Å². The summed E-state index contributed by atoms with van der Waals surface area (Å²) in [6, 6.07) is 6.40. The lowest BCUT2D eigenvalue weighted by Crippen LogP contribution is -1.98. The van der Waals surface area contributed by atoms with Gasteiger partial charge in [-0.1, -0.05) is 0 Å². The van der Waals surface area contributed by atoms with Crippen LogP contribution < -0.4 is 10.1 Å². The summed E-state index contributed by atoms with van der Waals surface area (Å²) in [5.74, 6) is 0.190. The topological polar surface area (TPSA) is 70.8 Å². The van der Waals surface area contributed by atoms with Gasteiger partial charge in [-0.2, -0.15) is 5.26 Å². The number of hydrogen-bond donors (Lipinski definition) is 1. The number of hydrogen-bond acceptors (Lipinski definition) is 5. The summed E-state index contributed by atoms with van der Waals surface area (Å²) in [6.07, 6.45) is 2.75. The van der Waals surface area contributed by atoms with Gasteiger partial charge in [-0.15, -0.1) is 0 Å². The number of nitriles is 1. The molecule has 6 heteroatoms. The van der Waals surface area contributed by atoms with Crippen LogP contribution in [0.4, 0.5) is 15.9 Å². The molecule has 2 aromatic rings. The molecule has 2 rings (SSSR count). The Bertz CT molecular complexity index is 607. The minimum atomic E-state index is -0.451. The lowest BCUT2D eigenvalue weighted by Gasteiger charge is -2.08. The van der Waals surface area contributed by atoms with Crippen LogP contribution in [0.5, 0.6) is 5.75 Å². The molecule has 5 nitrogen and oxygen atoms in total. The molecule has 0 amide bonds. The fraction of sp³-hybridized carbons (Fsp3) is 0.154. The summed E-state index contributed by atoms with van der Waals surface area (Å²) in [5, 5.41) is 11.5. The van der Waals surface area contributed by atoms with Crippen LogP contribution in [0.25, 0.3) is 0 Å². The lowest BCUT2D eigenvalue weighted by molar-refractivity contribution is 0.321. The molecule has 1 N–H and O–H groups in total. The van der Waals surface area contributed by atoms with Gasteiger partial charge in [0.15, 0.2) is 17.3 Å². The van der Waals surface area contributed by atoms with Crippen molar-refractivity contribution < 1.29 is 9.13 Å². The zero-order chi connectivity index (χ0) is 13.7. The third kappa shape index (κ3) is 3.16. The Labute approximate surface area is 109 Å². The van der Waals surface area contributed by atoms with E-state index >= 15 is 0 Å². The predicted octanol–water partition coefficient (Wildman–Crippen LogP) is 2.63. The van der Waals surface area contributed by atoms with E-state index in [1.807, 2.05) is 6.07 Å². The maximum Gasteiger partial charge on any atom is 0.167 e. The van der Waals surface area contributed by atoms with E-state index in [1.165, 1.54) is 24.5 Å². The fourth-order valence-corrected chi connectivity index (χ4v) is 1.45. The Hall–Kier alpha value is -2.68. The van der Waals surface area contributed by atoms with Gasteiger partial charge in [-0.3, -0.25) is 0 Å². The molecule has 96 valence electrons. The van der Waals surface area contributed by atoms with Gasteiger partial charge in [0, 0.05) is 11.8 Å². The third-order valence-corrected chi connectivity index (χ3v) is 2.27. The average molecular weight is 258 g/mol. The van der Waals surface area contributed by atoms with Gasteiger partial charge in [0.2, 0.25) is 0 Å². The lowest BCUT2D eigenvalue weighted by atomic mass is 10.3. The molecule has 19 heavy (non-hydrogen) atoms. The highest BCUT2D eigenvalue weighted by molar-refractivity contribution is 5.56. The molecule has 1 aromatic carbocycles. The van der Waals surface area contributed by atoms with Gasteiger partial charge in [-0.05, 0) is 19.1 Å². The van der Waals surface area contributed by atoms with Crippen molar-refractivity contribution in [1.82, 2.24) is 9.97 Å². The van der Waals surface area contributed by atoms with E-state index in [0.717, 1.165) is 0 Å². The first kappa shape index (κ1) is 12.8. The van der Waals surface area contributed by atoms with Crippen LogP contribution in [0, 0.1) is 17.1 Å². The average Bonchev–Trinajstić information content (AvgIpc) is 2.43. The highest BCUT2D eigenvalue weighted by Gasteiger charge is 2.05. The van der Waals surface area contributed by atoms with Crippen LogP contribution in [0.15, 0.2) is 30.6 Å². The number of aromatic nitrogens is 2. The summed E-state index contributed by atoms with van der Waals surface area (Å²) in [4.78, 5) is 7.84. The molecule has 0 spiro atoms. The van der Waals surface area contributed by atoms with Crippen LogP contribution in [0.2, 0.25) is 0 Å². The van der Waals surface area contributed by atoms with Gasteiger partial charge in [-0.25, -0.2) is 14.4 Å². The molecule has 0 aliphatic carbocycles. The normalized spacial score (nSPS) is 9.74. The quantitative estimate of drug-likeness (QED) is 0.912. The molecule has 0 aliphatic heterocycles. The van der Waals surface area contributed by atoms with Crippen molar-refractivity contribution in [2.75, 3.05) is 11.9 Å². The molecular weight excluding hydrogens is 247 g/mol. The molecular formula is C13H11FN4O. The van der Waals surface area contributed by atoms with Gasteiger partial charge < -0.3 is 10.1 Å². The second kappa shape index (κ2) is 5.78. The van der Waals surface area contributed by atoms with E-state index in [2.05, 4.69) is 15.3 Å². The first-order chi connectivity index (χ1) is 9.22. The van der Waals surface area contributed by atoms with E-state index in [0.29, 0.717) is 18.1 Å². The van der Waals surface area contributed by atoms with Crippen molar-refractivity contribution in [3.63, 3.8) is 0 Å². The Morgan fingerprint density at radius 3 is 2.79 bits per heavy atom. The summed E-state index contributed by atoms with van der Waals surface area (Å²) in [5.41, 5.74) is 0.753. The van der Waals surface area contributed by atoms with Gasteiger partial charge in [0.05, 0.1) is 19.0 Å². The van der Waals surface area contributed by atoms with Crippen LogP contribution >= 0.6 is 0 Å².